The minimum absolute atomic E-state index is 0.0575. The summed E-state index contributed by atoms with van der Waals surface area (Å²) >= 11 is 6.29. The summed E-state index contributed by atoms with van der Waals surface area (Å²) < 4.78 is 40.0. The second-order valence-electron chi connectivity index (χ2n) is 8.88. The van der Waals surface area contributed by atoms with Crippen LogP contribution in [0.5, 0.6) is 11.5 Å². The Kier molecular flexibility index (Phi) is 9.93. The lowest BCUT2D eigenvalue weighted by Crippen LogP contribution is -2.49. The van der Waals surface area contributed by atoms with Gasteiger partial charge in [0, 0.05) is 19.8 Å². The first kappa shape index (κ1) is 28.5. The zero-order chi connectivity index (χ0) is 27.0. The normalized spacial score (nSPS) is 12.4. The van der Waals surface area contributed by atoms with Crippen LogP contribution in [0.2, 0.25) is 5.02 Å². The van der Waals surface area contributed by atoms with Crippen molar-refractivity contribution in [3.05, 3.63) is 88.9 Å². The lowest BCUT2D eigenvalue weighted by molar-refractivity contribution is -0.117. The molecule has 3 aromatic carbocycles. The summed E-state index contributed by atoms with van der Waals surface area (Å²) in [5.41, 5.74) is 2.22. The third-order valence-corrected chi connectivity index (χ3v) is 7.10. The second kappa shape index (κ2) is 12.9. The third-order valence-electron chi connectivity index (χ3n) is 5.26. The molecule has 0 aromatic heterocycles. The van der Waals surface area contributed by atoms with E-state index < -0.39 is 22.2 Å². The molecule has 0 aliphatic heterocycles. The van der Waals surface area contributed by atoms with Gasteiger partial charge in [-0.3, -0.25) is 4.79 Å². The van der Waals surface area contributed by atoms with Crippen LogP contribution in [0, 0.1) is 0 Å². The average molecular weight is 546 g/mol. The van der Waals surface area contributed by atoms with Crippen molar-refractivity contribution in [3.8, 4) is 11.5 Å². The number of amides is 1. The highest BCUT2D eigenvalue weighted by molar-refractivity contribution is 7.87. The highest BCUT2D eigenvalue weighted by Gasteiger charge is 2.26. The Morgan fingerprint density at radius 2 is 1.65 bits per heavy atom. The van der Waals surface area contributed by atoms with Gasteiger partial charge in [0.2, 0.25) is 5.91 Å². The Hall–Kier alpha value is -3.11. The molecule has 0 radical (unpaired) electrons. The van der Waals surface area contributed by atoms with Gasteiger partial charge >= 0.3 is 0 Å². The molecule has 0 heterocycles. The number of rotatable bonds is 12. The molecule has 0 bridgehead atoms. The first-order valence-corrected chi connectivity index (χ1v) is 13.6. The smallest absolute Gasteiger partial charge is 0.279 e. The molecule has 10 heteroatoms. The molecule has 0 aliphatic carbocycles. The van der Waals surface area contributed by atoms with Crippen LogP contribution in [0.1, 0.15) is 25.0 Å². The maximum Gasteiger partial charge on any atom is 0.279 e. The lowest BCUT2D eigenvalue weighted by Gasteiger charge is -2.21. The van der Waals surface area contributed by atoms with Crippen molar-refractivity contribution in [2.24, 2.45) is 0 Å². The molecule has 0 aliphatic rings. The summed E-state index contributed by atoms with van der Waals surface area (Å²) in [6, 6.07) is 20.8. The van der Waals surface area contributed by atoms with E-state index in [-0.39, 0.29) is 12.5 Å². The van der Waals surface area contributed by atoms with E-state index in [2.05, 4.69) is 10.0 Å². The van der Waals surface area contributed by atoms with E-state index in [9.17, 15) is 13.2 Å². The molecule has 1 atom stereocenters. The van der Waals surface area contributed by atoms with Crippen molar-refractivity contribution in [2.75, 3.05) is 19.4 Å². The number of halogens is 1. The fourth-order valence-corrected chi connectivity index (χ4v) is 4.31. The molecule has 1 unspecified atom stereocenters. The van der Waals surface area contributed by atoms with Gasteiger partial charge in [-0.15, -0.1) is 0 Å². The lowest BCUT2D eigenvalue weighted by atomic mass is 10.1. The summed E-state index contributed by atoms with van der Waals surface area (Å²) in [4.78, 5) is 13.2. The van der Waals surface area contributed by atoms with E-state index in [1.54, 1.807) is 42.5 Å². The van der Waals surface area contributed by atoms with E-state index in [0.717, 1.165) is 15.4 Å². The minimum atomic E-state index is -3.88. The van der Waals surface area contributed by atoms with E-state index >= 15 is 0 Å². The molecule has 1 amide bonds. The van der Waals surface area contributed by atoms with Crippen molar-refractivity contribution >= 4 is 33.4 Å². The van der Waals surface area contributed by atoms with Crippen LogP contribution in [0.25, 0.3) is 0 Å². The number of carbonyl (C=O) groups is 1. The largest absolute Gasteiger partial charge is 0.489 e. The van der Waals surface area contributed by atoms with Crippen LogP contribution in [0.15, 0.2) is 72.8 Å². The van der Waals surface area contributed by atoms with Gasteiger partial charge in [0.1, 0.15) is 24.1 Å². The second-order valence-corrected chi connectivity index (χ2v) is 11.2. The standard InChI is InChI=1S/C27H32ClN3O5S/c1-19(2)36-26-15-12-22(17-24(26)28)29-27(32)25(30-37(33,34)31(3)4)16-20-10-13-23(14-11-20)35-18-21-8-6-5-7-9-21/h5-15,17,19,25,30H,16,18H2,1-4H3,(H,29,32). The molecular formula is C27H32ClN3O5S. The summed E-state index contributed by atoms with van der Waals surface area (Å²) in [6.45, 7) is 4.20. The quantitative estimate of drug-likeness (QED) is 0.345. The van der Waals surface area contributed by atoms with E-state index in [1.807, 2.05) is 44.2 Å². The Morgan fingerprint density at radius 3 is 2.24 bits per heavy atom. The number of carbonyl (C=O) groups excluding carboxylic acids is 1. The average Bonchev–Trinajstić information content (AvgIpc) is 2.85. The van der Waals surface area contributed by atoms with Gasteiger partial charge < -0.3 is 14.8 Å². The van der Waals surface area contributed by atoms with Gasteiger partial charge in [0.05, 0.1) is 11.1 Å². The van der Waals surface area contributed by atoms with Gasteiger partial charge in [-0.2, -0.15) is 17.4 Å². The van der Waals surface area contributed by atoms with Crippen molar-refractivity contribution in [3.63, 3.8) is 0 Å². The van der Waals surface area contributed by atoms with Gasteiger partial charge in [-0.05, 0) is 61.7 Å². The van der Waals surface area contributed by atoms with Gasteiger partial charge in [0.15, 0.2) is 0 Å². The predicted molar refractivity (Wildman–Crippen MR) is 146 cm³/mol. The fourth-order valence-electron chi connectivity index (χ4n) is 3.33. The van der Waals surface area contributed by atoms with Crippen molar-refractivity contribution in [2.45, 2.75) is 39.0 Å². The van der Waals surface area contributed by atoms with Gasteiger partial charge in [-0.25, -0.2) is 0 Å². The summed E-state index contributed by atoms with van der Waals surface area (Å²) in [5, 5.41) is 3.08. The SMILES string of the molecule is CC(C)Oc1ccc(NC(=O)C(Cc2ccc(OCc3ccccc3)cc2)NS(=O)(=O)N(C)C)cc1Cl. The molecule has 0 spiro atoms. The first-order valence-electron chi connectivity index (χ1n) is 11.8. The van der Waals surface area contributed by atoms with E-state index in [1.165, 1.54) is 14.1 Å². The Morgan fingerprint density at radius 1 is 0.973 bits per heavy atom. The molecule has 0 fully saturated rings. The topological polar surface area (TPSA) is 97.0 Å². The number of nitrogens with one attached hydrogen (secondary N) is 2. The molecule has 3 aromatic rings. The number of anilines is 1. The van der Waals surface area contributed by atoms with Crippen LogP contribution in [-0.4, -0.2) is 44.9 Å². The number of ether oxygens (including phenoxy) is 2. The molecule has 2 N–H and O–H groups in total. The molecule has 8 nitrogen and oxygen atoms in total. The van der Waals surface area contributed by atoms with E-state index in [0.29, 0.717) is 28.8 Å². The molecule has 198 valence electrons. The maximum absolute atomic E-state index is 13.2. The van der Waals surface area contributed by atoms with Crippen LogP contribution < -0.4 is 19.5 Å². The third kappa shape index (κ3) is 8.75. The first-order chi connectivity index (χ1) is 17.5. The molecule has 37 heavy (non-hydrogen) atoms. The number of nitrogens with zero attached hydrogens (tertiary/aromatic N) is 1. The number of benzene rings is 3. The number of hydrogen-bond acceptors (Lipinski definition) is 5. The van der Waals surface area contributed by atoms with Gasteiger partial charge in [0.25, 0.3) is 10.2 Å². The van der Waals surface area contributed by atoms with Crippen LogP contribution in [-0.2, 0) is 28.0 Å². The van der Waals surface area contributed by atoms with Crippen molar-refractivity contribution in [1.82, 2.24) is 9.03 Å². The summed E-state index contributed by atoms with van der Waals surface area (Å²) in [7, 11) is -1.09. The molecule has 3 rings (SSSR count). The predicted octanol–water partition coefficient (Wildman–Crippen LogP) is 4.65. The molecule has 0 saturated heterocycles. The highest BCUT2D eigenvalue weighted by Crippen LogP contribution is 2.28. The summed E-state index contributed by atoms with van der Waals surface area (Å²) in [5.74, 6) is 0.637. The van der Waals surface area contributed by atoms with Crippen LogP contribution in [0.3, 0.4) is 0 Å². The monoisotopic (exact) mass is 545 g/mol. The zero-order valence-electron chi connectivity index (χ0n) is 21.3. The van der Waals surface area contributed by atoms with Gasteiger partial charge in [-0.1, -0.05) is 54.1 Å². The Labute approximate surface area is 223 Å². The Bertz CT molecular complexity index is 1280. The highest BCUT2D eigenvalue weighted by atomic mass is 35.5. The van der Waals surface area contributed by atoms with E-state index in [4.69, 9.17) is 21.1 Å². The van der Waals surface area contributed by atoms with Crippen molar-refractivity contribution < 1.29 is 22.7 Å². The van der Waals surface area contributed by atoms with Crippen molar-refractivity contribution in [1.29, 1.82) is 0 Å². The van der Waals surface area contributed by atoms with Crippen LogP contribution in [0.4, 0.5) is 5.69 Å². The molecular weight excluding hydrogens is 514 g/mol. The van der Waals surface area contributed by atoms with Crippen LogP contribution >= 0.6 is 11.6 Å². The number of hydrogen-bond donors (Lipinski definition) is 2. The Balaban J connectivity index is 1.72. The minimum Gasteiger partial charge on any atom is -0.489 e. The molecule has 0 saturated carbocycles. The zero-order valence-corrected chi connectivity index (χ0v) is 22.8. The maximum atomic E-state index is 13.2. The fraction of sp³-hybridized carbons (Fsp3) is 0.296. The summed E-state index contributed by atoms with van der Waals surface area (Å²) in [6.07, 6.45) is 0.0676.